The van der Waals surface area contributed by atoms with E-state index in [1.54, 1.807) is 4.52 Å². The lowest BCUT2D eigenvalue weighted by Gasteiger charge is -2.07. The molecule has 0 radical (unpaired) electrons. The predicted octanol–water partition coefficient (Wildman–Crippen LogP) is 2.03. The summed E-state index contributed by atoms with van der Waals surface area (Å²) in [6.45, 7) is 0. The van der Waals surface area contributed by atoms with Crippen LogP contribution in [0.2, 0.25) is 0 Å². The van der Waals surface area contributed by atoms with Gasteiger partial charge in [-0.15, -0.1) is 0 Å². The van der Waals surface area contributed by atoms with E-state index in [1.807, 2.05) is 42.5 Å². The molecule has 0 saturated heterocycles. The SMILES string of the molecule is NC(=S)c1ccc(-c2ccccc2)n2ncnc12. The number of thiocarbonyl (C=S) groups is 1. The summed E-state index contributed by atoms with van der Waals surface area (Å²) >= 11 is 5.01. The van der Waals surface area contributed by atoms with Crippen molar-refractivity contribution in [3.63, 3.8) is 0 Å². The van der Waals surface area contributed by atoms with E-state index in [-0.39, 0.29) is 0 Å². The number of fused-ring (bicyclic) bond motifs is 1. The van der Waals surface area contributed by atoms with Crippen LogP contribution in [0.5, 0.6) is 0 Å². The Balaban J connectivity index is 2.30. The Morgan fingerprint density at radius 3 is 2.61 bits per heavy atom. The van der Waals surface area contributed by atoms with Gasteiger partial charge in [-0.1, -0.05) is 42.5 Å². The van der Waals surface area contributed by atoms with E-state index in [0.717, 1.165) is 16.8 Å². The van der Waals surface area contributed by atoms with Crippen molar-refractivity contribution in [2.45, 2.75) is 0 Å². The van der Waals surface area contributed by atoms with Gasteiger partial charge in [0.25, 0.3) is 0 Å². The number of pyridine rings is 1. The normalized spacial score (nSPS) is 10.7. The van der Waals surface area contributed by atoms with E-state index in [1.165, 1.54) is 6.33 Å². The molecule has 2 heterocycles. The van der Waals surface area contributed by atoms with Gasteiger partial charge in [-0.2, -0.15) is 5.10 Å². The fourth-order valence-electron chi connectivity index (χ4n) is 1.93. The maximum atomic E-state index is 5.68. The fourth-order valence-corrected chi connectivity index (χ4v) is 2.09. The second kappa shape index (κ2) is 4.19. The first-order chi connectivity index (χ1) is 8.77. The van der Waals surface area contributed by atoms with Crippen LogP contribution in [-0.2, 0) is 0 Å². The number of rotatable bonds is 2. The van der Waals surface area contributed by atoms with E-state index in [9.17, 15) is 0 Å². The Hall–Kier alpha value is -2.27. The van der Waals surface area contributed by atoms with Crippen LogP contribution in [0.3, 0.4) is 0 Å². The van der Waals surface area contributed by atoms with Crippen LogP contribution < -0.4 is 5.73 Å². The number of aromatic nitrogens is 3. The fraction of sp³-hybridized carbons (Fsp3) is 0. The highest BCUT2D eigenvalue weighted by Crippen LogP contribution is 2.21. The summed E-state index contributed by atoms with van der Waals surface area (Å²) in [5, 5.41) is 4.23. The van der Waals surface area contributed by atoms with Crippen LogP contribution >= 0.6 is 12.2 Å². The second-order valence-electron chi connectivity index (χ2n) is 3.86. The van der Waals surface area contributed by atoms with Gasteiger partial charge in [0.05, 0.1) is 11.3 Å². The molecule has 5 heteroatoms. The van der Waals surface area contributed by atoms with Crippen LogP contribution in [-0.4, -0.2) is 19.6 Å². The molecule has 0 aliphatic carbocycles. The minimum Gasteiger partial charge on any atom is -0.389 e. The van der Waals surface area contributed by atoms with Crippen molar-refractivity contribution < 1.29 is 0 Å². The molecule has 3 aromatic rings. The molecule has 0 aliphatic rings. The van der Waals surface area contributed by atoms with Crippen molar-refractivity contribution in [3.8, 4) is 11.3 Å². The van der Waals surface area contributed by atoms with Crippen LogP contribution in [0.4, 0.5) is 0 Å². The summed E-state index contributed by atoms with van der Waals surface area (Å²) in [5.41, 5.74) is 9.13. The third-order valence-electron chi connectivity index (χ3n) is 2.76. The van der Waals surface area contributed by atoms with Gasteiger partial charge in [-0.3, -0.25) is 0 Å². The molecule has 3 rings (SSSR count). The summed E-state index contributed by atoms with van der Waals surface area (Å²) in [4.78, 5) is 4.54. The number of hydrogen-bond donors (Lipinski definition) is 1. The molecule has 0 fully saturated rings. The third kappa shape index (κ3) is 1.65. The smallest absolute Gasteiger partial charge is 0.166 e. The Morgan fingerprint density at radius 1 is 1.11 bits per heavy atom. The minimum absolute atomic E-state index is 0.326. The number of nitrogens with zero attached hydrogens (tertiary/aromatic N) is 3. The summed E-state index contributed by atoms with van der Waals surface area (Å²) < 4.78 is 1.75. The molecule has 0 spiro atoms. The molecular formula is C13H10N4S. The first kappa shape index (κ1) is 10.9. The molecule has 0 aliphatic heterocycles. The van der Waals surface area contributed by atoms with Crippen molar-refractivity contribution in [1.82, 2.24) is 14.6 Å². The summed E-state index contributed by atoms with van der Waals surface area (Å²) in [5.74, 6) is 0. The highest BCUT2D eigenvalue weighted by molar-refractivity contribution is 7.80. The lowest BCUT2D eigenvalue weighted by molar-refractivity contribution is 0.968. The van der Waals surface area contributed by atoms with E-state index < -0.39 is 0 Å². The lowest BCUT2D eigenvalue weighted by atomic mass is 10.1. The monoisotopic (exact) mass is 254 g/mol. The molecule has 0 bridgehead atoms. The zero-order chi connectivity index (χ0) is 12.5. The van der Waals surface area contributed by atoms with Crippen molar-refractivity contribution >= 4 is 22.9 Å². The van der Waals surface area contributed by atoms with Crippen LogP contribution in [0.15, 0.2) is 48.8 Å². The molecular weight excluding hydrogens is 244 g/mol. The van der Waals surface area contributed by atoms with Gasteiger partial charge < -0.3 is 5.73 Å². The number of nitrogens with two attached hydrogens (primary N) is 1. The topological polar surface area (TPSA) is 56.2 Å². The van der Waals surface area contributed by atoms with Crippen molar-refractivity contribution in [2.24, 2.45) is 5.73 Å². The highest BCUT2D eigenvalue weighted by atomic mass is 32.1. The first-order valence-electron chi connectivity index (χ1n) is 5.45. The summed E-state index contributed by atoms with van der Waals surface area (Å²) in [6.07, 6.45) is 1.50. The quantitative estimate of drug-likeness (QED) is 0.711. The number of benzene rings is 1. The van der Waals surface area contributed by atoms with Crippen LogP contribution in [0.1, 0.15) is 5.56 Å². The zero-order valence-electron chi connectivity index (χ0n) is 9.45. The predicted molar refractivity (Wildman–Crippen MR) is 74.3 cm³/mol. The Labute approximate surface area is 109 Å². The van der Waals surface area contributed by atoms with E-state index in [0.29, 0.717) is 10.6 Å². The molecule has 18 heavy (non-hydrogen) atoms. The summed E-state index contributed by atoms with van der Waals surface area (Å²) in [7, 11) is 0. The van der Waals surface area contributed by atoms with Gasteiger partial charge in [0, 0.05) is 5.56 Å². The van der Waals surface area contributed by atoms with E-state index >= 15 is 0 Å². The van der Waals surface area contributed by atoms with Crippen LogP contribution in [0.25, 0.3) is 16.9 Å². The first-order valence-corrected chi connectivity index (χ1v) is 5.86. The Kier molecular flexibility index (Phi) is 2.53. The van der Waals surface area contributed by atoms with Gasteiger partial charge in [-0.05, 0) is 12.1 Å². The number of hydrogen-bond acceptors (Lipinski definition) is 3. The standard InChI is InChI=1S/C13H10N4S/c14-12(18)10-6-7-11(9-4-2-1-3-5-9)17-13(10)15-8-16-17/h1-8H,(H2,14,18). The molecule has 4 nitrogen and oxygen atoms in total. The van der Waals surface area contributed by atoms with Gasteiger partial charge in [-0.25, -0.2) is 9.50 Å². The van der Waals surface area contributed by atoms with Gasteiger partial charge in [0.15, 0.2) is 5.65 Å². The van der Waals surface area contributed by atoms with E-state index in [2.05, 4.69) is 10.1 Å². The van der Waals surface area contributed by atoms with Gasteiger partial charge >= 0.3 is 0 Å². The van der Waals surface area contributed by atoms with Crippen molar-refractivity contribution in [2.75, 3.05) is 0 Å². The van der Waals surface area contributed by atoms with E-state index in [4.69, 9.17) is 18.0 Å². The molecule has 0 amide bonds. The van der Waals surface area contributed by atoms with Crippen molar-refractivity contribution in [3.05, 3.63) is 54.4 Å². The maximum absolute atomic E-state index is 5.68. The highest BCUT2D eigenvalue weighted by Gasteiger charge is 2.10. The average Bonchev–Trinajstić information content (AvgIpc) is 2.87. The molecule has 0 unspecified atom stereocenters. The lowest BCUT2D eigenvalue weighted by Crippen LogP contribution is -2.12. The molecule has 1 aromatic carbocycles. The Bertz CT molecular complexity index is 718. The second-order valence-corrected chi connectivity index (χ2v) is 4.30. The average molecular weight is 254 g/mol. The molecule has 2 aromatic heterocycles. The van der Waals surface area contributed by atoms with Gasteiger partial charge in [0.2, 0.25) is 0 Å². The Morgan fingerprint density at radius 2 is 1.89 bits per heavy atom. The minimum atomic E-state index is 0.326. The molecule has 2 N–H and O–H groups in total. The largest absolute Gasteiger partial charge is 0.389 e. The van der Waals surface area contributed by atoms with Crippen LogP contribution in [0, 0.1) is 0 Å². The maximum Gasteiger partial charge on any atom is 0.166 e. The molecule has 88 valence electrons. The van der Waals surface area contributed by atoms with Gasteiger partial charge in [0.1, 0.15) is 11.3 Å². The molecule has 0 atom stereocenters. The summed E-state index contributed by atoms with van der Waals surface area (Å²) in [6, 6.07) is 13.8. The third-order valence-corrected chi connectivity index (χ3v) is 2.98. The zero-order valence-corrected chi connectivity index (χ0v) is 10.3. The molecule has 0 saturated carbocycles. The van der Waals surface area contributed by atoms with Crippen molar-refractivity contribution in [1.29, 1.82) is 0 Å².